The fourth-order valence-corrected chi connectivity index (χ4v) is 2.11. The van der Waals surface area contributed by atoms with Gasteiger partial charge in [0.25, 0.3) is 0 Å². The summed E-state index contributed by atoms with van der Waals surface area (Å²) in [7, 11) is 0. The van der Waals surface area contributed by atoms with Crippen LogP contribution >= 0.6 is 0 Å². The van der Waals surface area contributed by atoms with E-state index in [4.69, 9.17) is 10.5 Å². The molecular weight excluding hydrogens is 304 g/mol. The van der Waals surface area contributed by atoms with Crippen molar-refractivity contribution in [2.75, 3.05) is 6.61 Å². The molecule has 0 saturated heterocycles. The molecule has 1 aliphatic rings. The normalized spacial score (nSPS) is 14.1. The number of hydrogen-bond donors (Lipinski definition) is 1. The van der Waals surface area contributed by atoms with E-state index < -0.39 is 6.61 Å². The van der Waals surface area contributed by atoms with E-state index in [9.17, 15) is 8.78 Å². The van der Waals surface area contributed by atoms with E-state index in [0.29, 0.717) is 29.5 Å². The number of nitrogens with two attached hydrogens (primary N) is 1. The maximum atomic E-state index is 12.5. The van der Waals surface area contributed by atoms with Crippen molar-refractivity contribution in [2.24, 2.45) is 11.7 Å². The van der Waals surface area contributed by atoms with Gasteiger partial charge in [0, 0.05) is 18.3 Å². The van der Waals surface area contributed by atoms with Crippen LogP contribution in [-0.4, -0.2) is 23.2 Å². The molecule has 0 amide bonds. The second kappa shape index (κ2) is 6.87. The van der Waals surface area contributed by atoms with Crippen molar-refractivity contribution in [1.29, 1.82) is 0 Å². The van der Waals surface area contributed by atoms with Crippen LogP contribution in [0.15, 0.2) is 30.6 Å². The Hall–Kier alpha value is -2.28. The molecule has 122 valence electrons. The van der Waals surface area contributed by atoms with E-state index in [1.807, 2.05) is 0 Å². The number of nitrogens with zero attached hydrogens (tertiary/aromatic N) is 2. The summed E-state index contributed by atoms with van der Waals surface area (Å²) in [6.07, 6.45) is 5.39. The average Bonchev–Trinajstić information content (AvgIpc) is 3.38. The van der Waals surface area contributed by atoms with Gasteiger partial charge in [-0.1, -0.05) is 0 Å². The lowest BCUT2D eigenvalue weighted by Gasteiger charge is -2.13. The van der Waals surface area contributed by atoms with E-state index in [-0.39, 0.29) is 18.0 Å². The van der Waals surface area contributed by atoms with Gasteiger partial charge in [0.05, 0.1) is 24.2 Å². The molecule has 0 aliphatic heterocycles. The number of aromatic nitrogens is 2. The van der Waals surface area contributed by atoms with Crippen LogP contribution in [0.5, 0.6) is 11.5 Å². The molecule has 0 unspecified atom stereocenters. The topological polar surface area (TPSA) is 70.3 Å². The summed E-state index contributed by atoms with van der Waals surface area (Å²) in [6.45, 7) is -2.12. The van der Waals surface area contributed by atoms with Crippen LogP contribution < -0.4 is 15.2 Å². The van der Waals surface area contributed by atoms with E-state index >= 15 is 0 Å². The number of halogens is 2. The van der Waals surface area contributed by atoms with Gasteiger partial charge in [-0.2, -0.15) is 8.78 Å². The minimum absolute atomic E-state index is 0.0207. The Morgan fingerprint density at radius 3 is 2.74 bits per heavy atom. The first-order valence-corrected chi connectivity index (χ1v) is 7.38. The summed E-state index contributed by atoms with van der Waals surface area (Å²) in [5, 5.41) is 0. The predicted molar refractivity (Wildman–Crippen MR) is 80.2 cm³/mol. The number of benzene rings is 1. The second-order valence-electron chi connectivity index (χ2n) is 5.39. The molecule has 23 heavy (non-hydrogen) atoms. The number of alkyl halides is 2. The molecule has 0 radical (unpaired) electrons. The quantitative estimate of drug-likeness (QED) is 0.849. The van der Waals surface area contributed by atoms with Gasteiger partial charge in [-0.25, -0.2) is 4.98 Å². The third-order valence-corrected chi connectivity index (χ3v) is 3.52. The maximum absolute atomic E-state index is 12.5. The van der Waals surface area contributed by atoms with Gasteiger partial charge >= 0.3 is 6.61 Å². The number of ether oxygens (including phenoxy) is 2. The molecule has 0 bridgehead atoms. The van der Waals surface area contributed by atoms with Crippen molar-refractivity contribution in [3.63, 3.8) is 0 Å². The molecule has 1 aromatic carbocycles. The molecule has 1 aliphatic carbocycles. The largest absolute Gasteiger partial charge is 0.489 e. The molecule has 1 aromatic heterocycles. The fourth-order valence-electron chi connectivity index (χ4n) is 2.11. The Kier molecular flexibility index (Phi) is 4.66. The first kappa shape index (κ1) is 15.6. The van der Waals surface area contributed by atoms with Crippen LogP contribution in [-0.2, 0) is 6.54 Å². The SMILES string of the molecule is NCc1cncc(-c2ccc(OC(F)F)c(OCC3CC3)c2)n1. The molecule has 2 N–H and O–H groups in total. The van der Waals surface area contributed by atoms with Crippen LogP contribution in [0.4, 0.5) is 8.78 Å². The van der Waals surface area contributed by atoms with E-state index in [2.05, 4.69) is 14.7 Å². The van der Waals surface area contributed by atoms with Crippen LogP contribution in [0.3, 0.4) is 0 Å². The molecule has 0 atom stereocenters. The zero-order valence-electron chi connectivity index (χ0n) is 12.4. The van der Waals surface area contributed by atoms with Gasteiger partial charge in [-0.3, -0.25) is 4.98 Å². The minimum Gasteiger partial charge on any atom is -0.489 e. The Labute approximate surface area is 132 Å². The maximum Gasteiger partial charge on any atom is 0.387 e. The summed E-state index contributed by atoms with van der Waals surface area (Å²) in [5.74, 6) is 0.806. The number of hydrogen-bond acceptors (Lipinski definition) is 5. The first-order chi connectivity index (χ1) is 11.2. The highest BCUT2D eigenvalue weighted by molar-refractivity contribution is 5.63. The molecular formula is C16H17F2N3O2. The van der Waals surface area contributed by atoms with Crippen molar-refractivity contribution < 1.29 is 18.3 Å². The zero-order chi connectivity index (χ0) is 16.2. The molecule has 3 rings (SSSR count). The highest BCUT2D eigenvalue weighted by Crippen LogP contribution is 2.36. The molecule has 5 nitrogen and oxygen atoms in total. The summed E-state index contributed by atoms with van der Waals surface area (Å²) in [5.41, 5.74) is 7.52. The molecule has 1 fully saturated rings. The molecule has 7 heteroatoms. The van der Waals surface area contributed by atoms with Crippen LogP contribution in [0, 0.1) is 5.92 Å². The Morgan fingerprint density at radius 2 is 2.04 bits per heavy atom. The van der Waals surface area contributed by atoms with Gasteiger partial charge in [-0.15, -0.1) is 0 Å². The fraction of sp³-hybridized carbons (Fsp3) is 0.375. The van der Waals surface area contributed by atoms with Crippen molar-refractivity contribution in [1.82, 2.24) is 9.97 Å². The second-order valence-corrected chi connectivity index (χ2v) is 5.39. The van der Waals surface area contributed by atoms with E-state index in [1.54, 1.807) is 24.5 Å². The Bertz CT molecular complexity index is 678. The third-order valence-electron chi connectivity index (χ3n) is 3.52. The van der Waals surface area contributed by atoms with Gasteiger partial charge in [0.2, 0.25) is 0 Å². The lowest BCUT2D eigenvalue weighted by atomic mass is 10.1. The van der Waals surface area contributed by atoms with Crippen molar-refractivity contribution >= 4 is 0 Å². The third kappa shape index (κ3) is 4.13. The highest BCUT2D eigenvalue weighted by Gasteiger charge is 2.23. The van der Waals surface area contributed by atoms with E-state index in [1.165, 1.54) is 6.07 Å². The van der Waals surface area contributed by atoms with Crippen LogP contribution in [0.25, 0.3) is 11.3 Å². The monoisotopic (exact) mass is 321 g/mol. The average molecular weight is 321 g/mol. The van der Waals surface area contributed by atoms with Gasteiger partial charge in [0.15, 0.2) is 11.5 Å². The van der Waals surface area contributed by atoms with Crippen LogP contribution in [0.2, 0.25) is 0 Å². The van der Waals surface area contributed by atoms with Crippen LogP contribution in [0.1, 0.15) is 18.5 Å². The Balaban J connectivity index is 1.88. The van der Waals surface area contributed by atoms with Gasteiger partial charge in [0.1, 0.15) is 0 Å². The van der Waals surface area contributed by atoms with E-state index in [0.717, 1.165) is 12.8 Å². The lowest BCUT2D eigenvalue weighted by molar-refractivity contribution is -0.0515. The molecule has 0 spiro atoms. The van der Waals surface area contributed by atoms with Crippen molar-refractivity contribution in [3.8, 4) is 22.8 Å². The highest BCUT2D eigenvalue weighted by atomic mass is 19.3. The van der Waals surface area contributed by atoms with Gasteiger partial charge < -0.3 is 15.2 Å². The standard InChI is InChI=1S/C16H17F2N3O2/c17-16(18)23-14-4-3-11(5-15(14)22-9-10-1-2-10)13-8-20-7-12(6-19)21-13/h3-5,7-8,10,16H,1-2,6,9,19H2. The summed E-state index contributed by atoms with van der Waals surface area (Å²) in [6, 6.07) is 4.75. The van der Waals surface area contributed by atoms with Crippen molar-refractivity contribution in [3.05, 3.63) is 36.3 Å². The minimum atomic E-state index is -2.90. The summed E-state index contributed by atoms with van der Waals surface area (Å²) < 4.78 is 35.2. The number of rotatable bonds is 7. The van der Waals surface area contributed by atoms with Gasteiger partial charge in [-0.05, 0) is 37.0 Å². The predicted octanol–water partition coefficient (Wildman–Crippen LogP) is 2.99. The molecule has 1 heterocycles. The molecule has 1 saturated carbocycles. The summed E-state index contributed by atoms with van der Waals surface area (Å²) >= 11 is 0. The summed E-state index contributed by atoms with van der Waals surface area (Å²) in [4.78, 5) is 8.45. The smallest absolute Gasteiger partial charge is 0.387 e. The zero-order valence-corrected chi connectivity index (χ0v) is 12.4. The first-order valence-electron chi connectivity index (χ1n) is 7.38. The Morgan fingerprint density at radius 1 is 1.22 bits per heavy atom. The molecule has 2 aromatic rings. The van der Waals surface area contributed by atoms with Crippen molar-refractivity contribution in [2.45, 2.75) is 26.0 Å². The lowest BCUT2D eigenvalue weighted by Crippen LogP contribution is -2.06.